The van der Waals surface area contributed by atoms with Crippen LogP contribution in [0.1, 0.15) is 13.8 Å². The summed E-state index contributed by atoms with van der Waals surface area (Å²) in [7, 11) is -1.22. The van der Waals surface area contributed by atoms with E-state index in [4.69, 9.17) is 28.9 Å². The maximum absolute atomic E-state index is 12.0. The molecule has 0 saturated heterocycles. The van der Waals surface area contributed by atoms with E-state index in [1.807, 2.05) is 13.8 Å². The molecule has 0 saturated carbocycles. The maximum atomic E-state index is 12.0. The molecule has 0 spiro atoms. The lowest BCUT2D eigenvalue weighted by molar-refractivity contribution is 0.649. The van der Waals surface area contributed by atoms with Crippen molar-refractivity contribution in [1.29, 1.82) is 0 Å². The maximum Gasteiger partial charge on any atom is 0.0592 e. The first kappa shape index (κ1) is 13.0. The minimum absolute atomic E-state index is 0.152. The largest absolute Gasteiger partial charge is 0.327 e. The highest BCUT2D eigenvalue weighted by molar-refractivity contribution is 7.85. The van der Waals surface area contributed by atoms with E-state index in [-0.39, 0.29) is 11.3 Å². The molecule has 84 valence electrons. The van der Waals surface area contributed by atoms with Gasteiger partial charge in [-0.1, -0.05) is 23.2 Å². The summed E-state index contributed by atoms with van der Waals surface area (Å²) in [5.41, 5.74) is 5.69. The van der Waals surface area contributed by atoms with E-state index in [1.165, 1.54) is 0 Å². The molecule has 0 bridgehead atoms. The van der Waals surface area contributed by atoms with Crippen LogP contribution < -0.4 is 5.73 Å². The minimum atomic E-state index is -1.22. The van der Waals surface area contributed by atoms with Crippen LogP contribution in [-0.4, -0.2) is 15.5 Å². The van der Waals surface area contributed by atoms with Crippen molar-refractivity contribution in [3.05, 3.63) is 28.2 Å². The van der Waals surface area contributed by atoms with E-state index in [2.05, 4.69) is 0 Å². The van der Waals surface area contributed by atoms with Gasteiger partial charge in [-0.3, -0.25) is 4.21 Å². The van der Waals surface area contributed by atoms with Crippen molar-refractivity contribution >= 4 is 34.0 Å². The van der Waals surface area contributed by atoms with Crippen LogP contribution >= 0.6 is 23.2 Å². The highest BCUT2D eigenvalue weighted by Crippen LogP contribution is 2.25. The smallest absolute Gasteiger partial charge is 0.0592 e. The molecular formula is C10H13Cl2NOS. The first-order chi connectivity index (χ1) is 6.93. The summed E-state index contributed by atoms with van der Waals surface area (Å²) in [6.07, 6.45) is 0. The second kappa shape index (κ2) is 5.30. The Kier molecular flexibility index (Phi) is 4.59. The van der Waals surface area contributed by atoms with E-state index < -0.39 is 10.8 Å². The van der Waals surface area contributed by atoms with Gasteiger partial charge in [0.2, 0.25) is 0 Å². The van der Waals surface area contributed by atoms with Crippen LogP contribution in [-0.2, 0) is 10.8 Å². The molecule has 3 atom stereocenters. The molecule has 0 aromatic heterocycles. The zero-order valence-electron chi connectivity index (χ0n) is 8.54. The predicted octanol–water partition coefficient (Wildman–Crippen LogP) is 2.84. The van der Waals surface area contributed by atoms with E-state index in [0.29, 0.717) is 14.9 Å². The monoisotopic (exact) mass is 265 g/mol. The second-order valence-electron chi connectivity index (χ2n) is 3.44. The Labute approximate surface area is 102 Å². The van der Waals surface area contributed by atoms with Crippen molar-refractivity contribution in [2.75, 3.05) is 0 Å². The fourth-order valence-corrected chi connectivity index (χ4v) is 2.90. The van der Waals surface area contributed by atoms with E-state index >= 15 is 0 Å². The molecule has 3 unspecified atom stereocenters. The fraction of sp³-hybridized carbons (Fsp3) is 0.400. The molecule has 2 N–H and O–H groups in total. The number of rotatable bonds is 3. The van der Waals surface area contributed by atoms with Gasteiger partial charge in [-0.25, -0.2) is 0 Å². The van der Waals surface area contributed by atoms with Gasteiger partial charge in [0.1, 0.15) is 0 Å². The Balaban J connectivity index is 3.05. The molecule has 1 rings (SSSR count). The summed E-state index contributed by atoms with van der Waals surface area (Å²) < 4.78 is 12.0. The number of benzene rings is 1. The van der Waals surface area contributed by atoms with Gasteiger partial charge in [-0.2, -0.15) is 0 Å². The van der Waals surface area contributed by atoms with Crippen molar-refractivity contribution in [3.63, 3.8) is 0 Å². The summed E-state index contributed by atoms with van der Waals surface area (Å²) in [5, 5.41) is 0.839. The molecule has 1 aromatic carbocycles. The quantitative estimate of drug-likeness (QED) is 0.914. The third kappa shape index (κ3) is 3.18. The van der Waals surface area contributed by atoms with Crippen LogP contribution in [0.25, 0.3) is 0 Å². The summed E-state index contributed by atoms with van der Waals surface area (Å²) in [6, 6.07) is 4.78. The van der Waals surface area contributed by atoms with Crippen LogP contribution in [0, 0.1) is 0 Å². The molecule has 0 aliphatic heterocycles. The highest BCUT2D eigenvalue weighted by Gasteiger charge is 2.19. The first-order valence-electron chi connectivity index (χ1n) is 4.54. The third-order valence-corrected chi connectivity index (χ3v) is 4.74. The van der Waals surface area contributed by atoms with Gasteiger partial charge >= 0.3 is 0 Å². The van der Waals surface area contributed by atoms with E-state index in [1.54, 1.807) is 18.2 Å². The molecule has 1 aromatic rings. The van der Waals surface area contributed by atoms with Gasteiger partial charge < -0.3 is 5.73 Å². The van der Waals surface area contributed by atoms with Crippen molar-refractivity contribution in [1.82, 2.24) is 0 Å². The molecule has 2 nitrogen and oxygen atoms in total. The van der Waals surface area contributed by atoms with Crippen molar-refractivity contribution < 1.29 is 4.21 Å². The predicted molar refractivity (Wildman–Crippen MR) is 66.0 cm³/mol. The Morgan fingerprint density at radius 3 is 2.47 bits per heavy atom. The molecule has 0 aliphatic rings. The van der Waals surface area contributed by atoms with Gasteiger partial charge in [-0.05, 0) is 32.0 Å². The number of nitrogens with two attached hydrogens (primary N) is 1. The van der Waals surface area contributed by atoms with E-state index in [0.717, 1.165) is 0 Å². The Morgan fingerprint density at radius 1 is 1.33 bits per heavy atom. The summed E-state index contributed by atoms with van der Waals surface area (Å²) in [5.74, 6) is 0. The lowest BCUT2D eigenvalue weighted by Gasteiger charge is -2.16. The summed E-state index contributed by atoms with van der Waals surface area (Å²) >= 11 is 11.8. The molecule has 0 aliphatic carbocycles. The Morgan fingerprint density at radius 2 is 1.93 bits per heavy atom. The van der Waals surface area contributed by atoms with Crippen LogP contribution in [0.4, 0.5) is 0 Å². The molecule has 0 radical (unpaired) electrons. The van der Waals surface area contributed by atoms with Gasteiger partial charge in [0, 0.05) is 11.1 Å². The number of halogens is 2. The average molecular weight is 266 g/mol. The standard InChI is InChI=1S/C10H13Cl2NOS/c1-6(13)7(2)15(14)10-5-8(11)3-4-9(10)12/h3-7H,13H2,1-2H3. The summed E-state index contributed by atoms with van der Waals surface area (Å²) in [4.78, 5) is 0.550. The van der Waals surface area contributed by atoms with Gasteiger partial charge in [-0.15, -0.1) is 0 Å². The van der Waals surface area contributed by atoms with Crippen LogP contribution in [0.15, 0.2) is 23.1 Å². The fourth-order valence-electron chi connectivity index (χ4n) is 1.03. The van der Waals surface area contributed by atoms with Gasteiger partial charge in [0.15, 0.2) is 0 Å². The lowest BCUT2D eigenvalue weighted by Crippen LogP contribution is -2.32. The van der Waals surface area contributed by atoms with Crippen LogP contribution in [0.2, 0.25) is 10.0 Å². The van der Waals surface area contributed by atoms with Crippen LogP contribution in [0.3, 0.4) is 0 Å². The zero-order valence-corrected chi connectivity index (χ0v) is 10.9. The van der Waals surface area contributed by atoms with E-state index in [9.17, 15) is 4.21 Å². The molecule has 15 heavy (non-hydrogen) atoms. The third-order valence-electron chi connectivity index (χ3n) is 2.19. The average Bonchev–Trinajstić information content (AvgIpc) is 2.19. The summed E-state index contributed by atoms with van der Waals surface area (Å²) in [6.45, 7) is 3.65. The highest BCUT2D eigenvalue weighted by atomic mass is 35.5. The number of hydrogen-bond acceptors (Lipinski definition) is 2. The number of hydrogen-bond donors (Lipinski definition) is 1. The minimum Gasteiger partial charge on any atom is -0.327 e. The van der Waals surface area contributed by atoms with Crippen LogP contribution in [0.5, 0.6) is 0 Å². The lowest BCUT2D eigenvalue weighted by atomic mass is 10.3. The first-order valence-corrected chi connectivity index (χ1v) is 6.51. The Bertz CT molecular complexity index is 382. The van der Waals surface area contributed by atoms with Crippen molar-refractivity contribution in [3.8, 4) is 0 Å². The second-order valence-corrected chi connectivity index (χ2v) is 6.06. The molecule has 0 heterocycles. The van der Waals surface area contributed by atoms with Gasteiger partial charge in [0.25, 0.3) is 0 Å². The Hall–Kier alpha value is -0.0900. The van der Waals surface area contributed by atoms with Crippen molar-refractivity contribution in [2.24, 2.45) is 5.73 Å². The zero-order chi connectivity index (χ0) is 11.6. The van der Waals surface area contributed by atoms with Gasteiger partial charge in [0.05, 0.1) is 26.0 Å². The SMILES string of the molecule is CC(N)C(C)S(=O)c1cc(Cl)ccc1Cl. The van der Waals surface area contributed by atoms with Crippen molar-refractivity contribution in [2.45, 2.75) is 30.0 Å². The molecule has 5 heteroatoms. The normalized spacial score (nSPS) is 17.1. The topological polar surface area (TPSA) is 43.1 Å². The molecule has 0 fully saturated rings. The molecule has 0 amide bonds. The molecular weight excluding hydrogens is 253 g/mol.